The largest absolute Gasteiger partial charge is 0.367 e. The minimum absolute atomic E-state index is 0.368. The molecule has 6 nitrogen and oxygen atoms in total. The van der Waals surface area contributed by atoms with Gasteiger partial charge in [-0.1, -0.05) is 0 Å². The number of carbonyl (C=O) groups is 1. The van der Waals surface area contributed by atoms with E-state index in [1.807, 2.05) is 7.05 Å². The molecule has 18 heavy (non-hydrogen) atoms. The summed E-state index contributed by atoms with van der Waals surface area (Å²) in [4.78, 5) is 11.5. The molecule has 4 N–H and O–H groups in total. The van der Waals surface area contributed by atoms with Crippen molar-refractivity contribution in [3.8, 4) is 0 Å². The Bertz CT molecular complexity index is 432. The van der Waals surface area contributed by atoms with E-state index < -0.39 is 5.91 Å². The summed E-state index contributed by atoms with van der Waals surface area (Å²) < 4.78 is 1.70. The molecule has 1 aromatic rings. The number of aryl methyl sites for hydroxylation is 2. The summed E-state index contributed by atoms with van der Waals surface area (Å²) in [5, 5.41) is 11.0. The fourth-order valence-corrected chi connectivity index (χ4v) is 2.48. The Morgan fingerprint density at radius 1 is 1.50 bits per heavy atom. The fourth-order valence-electron chi connectivity index (χ4n) is 2.48. The van der Waals surface area contributed by atoms with Crippen molar-refractivity contribution < 1.29 is 4.79 Å². The number of nitrogens with one attached hydrogen (secondary N) is 2. The molecule has 2 heterocycles. The van der Waals surface area contributed by atoms with Crippen LogP contribution in [-0.4, -0.2) is 34.8 Å². The van der Waals surface area contributed by atoms with Crippen molar-refractivity contribution in [2.45, 2.75) is 32.2 Å². The zero-order valence-corrected chi connectivity index (χ0v) is 11.0. The summed E-state index contributed by atoms with van der Waals surface area (Å²) in [6, 6.07) is 0.368. The molecular formula is C12H21N5O. The van der Waals surface area contributed by atoms with Crippen molar-refractivity contribution in [2.75, 3.05) is 18.4 Å². The second-order valence-corrected chi connectivity index (χ2v) is 4.82. The van der Waals surface area contributed by atoms with E-state index in [0.29, 0.717) is 17.3 Å². The third-order valence-electron chi connectivity index (χ3n) is 3.39. The molecule has 1 aliphatic rings. The Kier molecular flexibility index (Phi) is 3.86. The quantitative estimate of drug-likeness (QED) is 0.725. The van der Waals surface area contributed by atoms with Crippen LogP contribution in [0.4, 0.5) is 5.82 Å². The van der Waals surface area contributed by atoms with Gasteiger partial charge in [0.25, 0.3) is 5.91 Å². The van der Waals surface area contributed by atoms with Gasteiger partial charge in [0.15, 0.2) is 0 Å². The van der Waals surface area contributed by atoms with Crippen LogP contribution in [0.2, 0.25) is 0 Å². The predicted octanol–water partition coefficient (Wildman–Crippen LogP) is 0.381. The number of amides is 1. The molecule has 0 spiro atoms. The highest BCUT2D eigenvalue weighted by Gasteiger charge is 2.21. The Hall–Kier alpha value is -1.56. The summed E-state index contributed by atoms with van der Waals surface area (Å²) in [6.45, 7) is 3.87. The van der Waals surface area contributed by atoms with Crippen LogP contribution >= 0.6 is 0 Å². The summed E-state index contributed by atoms with van der Waals surface area (Å²) in [6.07, 6.45) is 3.28. The number of hydrogen-bond acceptors (Lipinski definition) is 4. The van der Waals surface area contributed by atoms with Gasteiger partial charge in [-0.15, -0.1) is 0 Å². The minimum Gasteiger partial charge on any atom is -0.367 e. The van der Waals surface area contributed by atoms with E-state index in [1.165, 1.54) is 0 Å². The molecule has 100 valence electrons. The number of aromatic nitrogens is 2. The molecule has 0 aromatic carbocycles. The van der Waals surface area contributed by atoms with E-state index in [1.54, 1.807) is 11.6 Å². The SMILES string of the molecule is Cc1nn(C)c(NC2CCCNCC2)c1C(N)=O. The molecule has 6 heteroatoms. The Labute approximate surface area is 107 Å². The van der Waals surface area contributed by atoms with Crippen LogP contribution < -0.4 is 16.4 Å². The molecule has 0 aliphatic carbocycles. The van der Waals surface area contributed by atoms with Gasteiger partial charge in [0.2, 0.25) is 0 Å². The van der Waals surface area contributed by atoms with E-state index in [9.17, 15) is 4.79 Å². The van der Waals surface area contributed by atoms with Gasteiger partial charge in [0, 0.05) is 13.1 Å². The van der Waals surface area contributed by atoms with Crippen molar-refractivity contribution in [3.63, 3.8) is 0 Å². The highest BCUT2D eigenvalue weighted by molar-refractivity contribution is 5.98. The second kappa shape index (κ2) is 5.39. The van der Waals surface area contributed by atoms with Gasteiger partial charge in [-0.2, -0.15) is 5.10 Å². The van der Waals surface area contributed by atoms with E-state index in [4.69, 9.17) is 5.73 Å². The monoisotopic (exact) mass is 251 g/mol. The lowest BCUT2D eigenvalue weighted by Gasteiger charge is -2.18. The molecule has 1 unspecified atom stereocenters. The first-order valence-corrected chi connectivity index (χ1v) is 6.40. The number of carbonyl (C=O) groups excluding carboxylic acids is 1. The first-order chi connectivity index (χ1) is 8.59. The first kappa shape index (κ1) is 12.9. The predicted molar refractivity (Wildman–Crippen MR) is 70.6 cm³/mol. The smallest absolute Gasteiger partial charge is 0.254 e. The summed E-state index contributed by atoms with van der Waals surface area (Å²) in [7, 11) is 1.83. The lowest BCUT2D eigenvalue weighted by molar-refractivity contribution is 0.100. The van der Waals surface area contributed by atoms with Crippen LogP contribution in [0.25, 0.3) is 0 Å². The van der Waals surface area contributed by atoms with E-state index in [0.717, 1.165) is 38.2 Å². The van der Waals surface area contributed by atoms with Crippen molar-refractivity contribution in [1.82, 2.24) is 15.1 Å². The van der Waals surface area contributed by atoms with Gasteiger partial charge in [-0.05, 0) is 39.3 Å². The third kappa shape index (κ3) is 2.64. The van der Waals surface area contributed by atoms with Crippen LogP contribution in [-0.2, 0) is 7.05 Å². The lowest BCUT2D eigenvalue weighted by Crippen LogP contribution is -2.25. The van der Waals surface area contributed by atoms with Gasteiger partial charge in [0.1, 0.15) is 11.4 Å². The van der Waals surface area contributed by atoms with Gasteiger partial charge in [-0.25, -0.2) is 0 Å². The van der Waals surface area contributed by atoms with Crippen molar-refractivity contribution in [1.29, 1.82) is 0 Å². The number of hydrogen-bond donors (Lipinski definition) is 3. The second-order valence-electron chi connectivity index (χ2n) is 4.82. The topological polar surface area (TPSA) is 85.0 Å². The van der Waals surface area contributed by atoms with Crippen molar-refractivity contribution >= 4 is 11.7 Å². The van der Waals surface area contributed by atoms with Crippen LogP contribution in [0.3, 0.4) is 0 Å². The number of primary amides is 1. The summed E-state index contributed by atoms with van der Waals surface area (Å²) >= 11 is 0. The third-order valence-corrected chi connectivity index (χ3v) is 3.39. The molecule has 1 fully saturated rings. The van der Waals surface area contributed by atoms with Crippen LogP contribution in [0.5, 0.6) is 0 Å². The van der Waals surface area contributed by atoms with E-state index >= 15 is 0 Å². The zero-order valence-electron chi connectivity index (χ0n) is 11.0. The van der Waals surface area contributed by atoms with Gasteiger partial charge in [-0.3, -0.25) is 9.48 Å². The molecule has 1 aromatic heterocycles. The zero-order chi connectivity index (χ0) is 13.1. The summed E-state index contributed by atoms with van der Waals surface area (Å²) in [5.41, 5.74) is 6.61. The normalized spacial score (nSPS) is 20.4. The fraction of sp³-hybridized carbons (Fsp3) is 0.667. The maximum Gasteiger partial charge on any atom is 0.254 e. The highest BCUT2D eigenvalue weighted by atomic mass is 16.1. The molecule has 0 radical (unpaired) electrons. The van der Waals surface area contributed by atoms with Crippen LogP contribution in [0, 0.1) is 6.92 Å². The maximum atomic E-state index is 11.5. The van der Waals surface area contributed by atoms with E-state index in [-0.39, 0.29) is 0 Å². The van der Waals surface area contributed by atoms with Crippen molar-refractivity contribution in [3.05, 3.63) is 11.3 Å². The molecule has 2 rings (SSSR count). The standard InChI is InChI=1S/C12H21N5O/c1-8-10(11(13)18)12(17(2)16-8)15-9-4-3-6-14-7-5-9/h9,14-15H,3-7H2,1-2H3,(H2,13,18). The highest BCUT2D eigenvalue weighted by Crippen LogP contribution is 2.21. The molecule has 1 atom stereocenters. The van der Waals surface area contributed by atoms with E-state index in [2.05, 4.69) is 15.7 Å². The number of rotatable bonds is 3. The molecule has 1 amide bonds. The minimum atomic E-state index is -0.421. The number of anilines is 1. The molecular weight excluding hydrogens is 230 g/mol. The Balaban J connectivity index is 2.19. The average Bonchev–Trinajstić information content (AvgIpc) is 2.51. The van der Waals surface area contributed by atoms with Crippen LogP contribution in [0.15, 0.2) is 0 Å². The van der Waals surface area contributed by atoms with Crippen LogP contribution in [0.1, 0.15) is 35.3 Å². The molecule has 0 bridgehead atoms. The van der Waals surface area contributed by atoms with Gasteiger partial charge >= 0.3 is 0 Å². The first-order valence-electron chi connectivity index (χ1n) is 6.40. The average molecular weight is 251 g/mol. The number of nitrogens with two attached hydrogens (primary N) is 1. The van der Waals surface area contributed by atoms with Gasteiger partial charge in [0.05, 0.1) is 5.69 Å². The Morgan fingerprint density at radius 3 is 3.00 bits per heavy atom. The molecule has 1 aliphatic heterocycles. The molecule has 0 saturated carbocycles. The number of nitrogens with zero attached hydrogens (tertiary/aromatic N) is 2. The van der Waals surface area contributed by atoms with Crippen molar-refractivity contribution in [2.24, 2.45) is 12.8 Å². The molecule has 1 saturated heterocycles. The Morgan fingerprint density at radius 2 is 2.28 bits per heavy atom. The lowest BCUT2D eigenvalue weighted by atomic mass is 10.1. The summed E-state index contributed by atoms with van der Waals surface area (Å²) in [5.74, 6) is 0.321. The van der Waals surface area contributed by atoms with Gasteiger partial charge < -0.3 is 16.4 Å². The maximum absolute atomic E-state index is 11.5.